The third-order valence-electron chi connectivity index (χ3n) is 5.14. The van der Waals surface area contributed by atoms with Gasteiger partial charge in [0.15, 0.2) is 0 Å². The van der Waals surface area contributed by atoms with Crippen LogP contribution in [0.15, 0.2) is 74.5 Å². The van der Waals surface area contributed by atoms with Gasteiger partial charge in [-0.15, -0.1) is 11.3 Å². The van der Waals surface area contributed by atoms with Crippen molar-refractivity contribution in [3.05, 3.63) is 69.9 Å². The standard InChI is InChI=1S/C22H18N4OS/c1-14-13-16-5-2-3-7-18(16)26(14)22-24-20-19(21(27)25-22)15(10-11-23-20)8-9-17-6-4-12-28-17/h2-12,14,19H,13H2,1H3/b9-8+. The summed E-state index contributed by atoms with van der Waals surface area (Å²) in [6.07, 6.45) is 8.46. The molecular weight excluding hydrogens is 368 g/mol. The van der Waals surface area contributed by atoms with Gasteiger partial charge in [0.2, 0.25) is 5.96 Å². The number of anilines is 1. The van der Waals surface area contributed by atoms with E-state index in [1.807, 2.05) is 52.8 Å². The minimum Gasteiger partial charge on any atom is -0.307 e. The van der Waals surface area contributed by atoms with Gasteiger partial charge in [0.25, 0.3) is 5.91 Å². The zero-order valence-electron chi connectivity index (χ0n) is 15.3. The highest BCUT2D eigenvalue weighted by Gasteiger charge is 2.37. The van der Waals surface area contributed by atoms with Gasteiger partial charge in [0, 0.05) is 22.8 Å². The molecule has 4 heterocycles. The third-order valence-corrected chi connectivity index (χ3v) is 5.98. The average molecular weight is 386 g/mol. The van der Waals surface area contributed by atoms with Crippen molar-refractivity contribution in [2.45, 2.75) is 19.4 Å². The van der Waals surface area contributed by atoms with Gasteiger partial charge in [-0.25, -0.2) is 4.99 Å². The summed E-state index contributed by atoms with van der Waals surface area (Å²) in [6.45, 7) is 2.12. The molecule has 2 unspecified atom stereocenters. The Hall–Kier alpha value is -3.12. The summed E-state index contributed by atoms with van der Waals surface area (Å²) < 4.78 is 0. The molecule has 138 valence electrons. The summed E-state index contributed by atoms with van der Waals surface area (Å²) >= 11 is 1.66. The number of dihydropyridines is 1. The highest BCUT2D eigenvalue weighted by molar-refractivity contribution is 7.10. The largest absolute Gasteiger partial charge is 0.307 e. The van der Waals surface area contributed by atoms with Crippen LogP contribution in [0, 0.1) is 5.92 Å². The summed E-state index contributed by atoms with van der Waals surface area (Å²) in [5.74, 6) is 0.211. The van der Waals surface area contributed by atoms with Gasteiger partial charge < -0.3 is 4.90 Å². The molecule has 0 fully saturated rings. The van der Waals surface area contributed by atoms with E-state index in [0.29, 0.717) is 11.8 Å². The predicted molar refractivity (Wildman–Crippen MR) is 115 cm³/mol. The van der Waals surface area contributed by atoms with E-state index in [1.54, 1.807) is 17.6 Å². The zero-order valence-corrected chi connectivity index (χ0v) is 16.1. The van der Waals surface area contributed by atoms with Crippen LogP contribution in [0.4, 0.5) is 5.69 Å². The van der Waals surface area contributed by atoms with Gasteiger partial charge in [-0.2, -0.15) is 9.98 Å². The number of amidine groups is 1. The van der Waals surface area contributed by atoms with E-state index in [2.05, 4.69) is 34.0 Å². The molecule has 2 atom stereocenters. The summed E-state index contributed by atoms with van der Waals surface area (Å²) in [4.78, 5) is 29.6. The van der Waals surface area contributed by atoms with E-state index >= 15 is 0 Å². The minimum absolute atomic E-state index is 0.200. The molecule has 1 aromatic heterocycles. The summed E-state index contributed by atoms with van der Waals surface area (Å²) in [6, 6.07) is 12.4. The number of aliphatic imine (C=N–C) groups is 3. The van der Waals surface area contributed by atoms with Crippen LogP contribution in [0.1, 0.15) is 17.4 Å². The third kappa shape index (κ3) is 2.86. The molecule has 28 heavy (non-hydrogen) atoms. The number of nitrogens with zero attached hydrogens (tertiary/aromatic N) is 4. The van der Waals surface area contributed by atoms with Crippen molar-refractivity contribution < 1.29 is 4.79 Å². The van der Waals surface area contributed by atoms with Crippen LogP contribution in [-0.4, -0.2) is 30.0 Å². The predicted octanol–water partition coefficient (Wildman–Crippen LogP) is 4.13. The van der Waals surface area contributed by atoms with Crippen LogP contribution >= 0.6 is 11.3 Å². The van der Waals surface area contributed by atoms with Crippen molar-refractivity contribution in [3.8, 4) is 0 Å². The molecular formula is C22H18N4OS. The Morgan fingerprint density at radius 1 is 1.14 bits per heavy atom. The fourth-order valence-electron chi connectivity index (χ4n) is 3.85. The van der Waals surface area contributed by atoms with E-state index in [-0.39, 0.29) is 11.9 Å². The van der Waals surface area contributed by atoms with Crippen molar-refractivity contribution in [2.75, 3.05) is 4.90 Å². The van der Waals surface area contributed by atoms with E-state index in [1.165, 1.54) is 5.56 Å². The number of fused-ring (bicyclic) bond motifs is 2. The lowest BCUT2D eigenvalue weighted by molar-refractivity contribution is -0.118. The van der Waals surface area contributed by atoms with Gasteiger partial charge in [0.05, 0.1) is 0 Å². The Labute approximate surface area is 167 Å². The number of guanidine groups is 1. The van der Waals surface area contributed by atoms with Crippen LogP contribution in [0.2, 0.25) is 0 Å². The van der Waals surface area contributed by atoms with Gasteiger partial charge in [-0.05, 0) is 54.1 Å². The van der Waals surface area contributed by atoms with Gasteiger partial charge in [-0.3, -0.25) is 4.79 Å². The first-order chi connectivity index (χ1) is 13.7. The van der Waals surface area contributed by atoms with Crippen molar-refractivity contribution in [1.82, 2.24) is 0 Å². The van der Waals surface area contributed by atoms with E-state index in [0.717, 1.165) is 22.6 Å². The normalized spacial score (nSPS) is 23.4. The first-order valence-electron chi connectivity index (χ1n) is 9.25. The number of hydrogen-bond donors (Lipinski definition) is 0. The van der Waals surface area contributed by atoms with Crippen LogP contribution < -0.4 is 4.90 Å². The molecule has 2 aromatic rings. The summed E-state index contributed by atoms with van der Waals surface area (Å²) in [5.41, 5.74) is 3.18. The fourth-order valence-corrected chi connectivity index (χ4v) is 4.47. The Balaban J connectivity index is 1.47. The lowest BCUT2D eigenvalue weighted by atomic mass is 9.93. The number of rotatable bonds is 2. The maximum Gasteiger partial charge on any atom is 0.264 e. The lowest BCUT2D eigenvalue weighted by Gasteiger charge is -2.28. The average Bonchev–Trinajstić information content (AvgIpc) is 3.32. The Bertz CT molecular complexity index is 1090. The Morgan fingerprint density at radius 2 is 2.04 bits per heavy atom. The van der Waals surface area contributed by atoms with Crippen molar-refractivity contribution >= 4 is 47.0 Å². The lowest BCUT2D eigenvalue weighted by Crippen LogP contribution is -2.40. The smallest absolute Gasteiger partial charge is 0.264 e. The van der Waals surface area contributed by atoms with E-state index in [4.69, 9.17) is 0 Å². The molecule has 0 bridgehead atoms. The first kappa shape index (κ1) is 17.0. The fraction of sp³-hybridized carbons (Fsp3) is 0.182. The number of benzene rings is 1. The molecule has 6 heteroatoms. The molecule has 0 saturated carbocycles. The SMILES string of the molecule is CC1Cc2ccccc2N1C1=NC(=O)C2C(/C=C/c3cccs3)=CC=NC2=N1. The maximum atomic E-state index is 12.9. The summed E-state index contributed by atoms with van der Waals surface area (Å²) in [7, 11) is 0. The van der Waals surface area contributed by atoms with Crippen LogP contribution in [0.5, 0.6) is 0 Å². The number of carbonyl (C=O) groups is 1. The second-order valence-electron chi connectivity index (χ2n) is 7.00. The van der Waals surface area contributed by atoms with Crippen LogP contribution in [-0.2, 0) is 11.2 Å². The highest BCUT2D eigenvalue weighted by Crippen LogP contribution is 2.34. The maximum absolute atomic E-state index is 12.9. The number of para-hydroxylation sites is 1. The van der Waals surface area contributed by atoms with Gasteiger partial charge >= 0.3 is 0 Å². The molecule has 5 nitrogen and oxygen atoms in total. The number of allylic oxidation sites excluding steroid dienone is 2. The Kier molecular flexibility index (Phi) is 4.13. The van der Waals surface area contributed by atoms with E-state index in [9.17, 15) is 4.79 Å². The van der Waals surface area contributed by atoms with Crippen LogP contribution in [0.3, 0.4) is 0 Å². The number of hydrogen-bond acceptors (Lipinski definition) is 5. The monoisotopic (exact) mass is 386 g/mol. The molecule has 0 radical (unpaired) electrons. The highest BCUT2D eigenvalue weighted by atomic mass is 32.1. The van der Waals surface area contributed by atoms with Crippen LogP contribution in [0.25, 0.3) is 6.08 Å². The number of carbonyl (C=O) groups excluding carboxylic acids is 1. The van der Waals surface area contributed by atoms with Gasteiger partial charge in [-0.1, -0.05) is 30.3 Å². The van der Waals surface area contributed by atoms with Crippen molar-refractivity contribution in [2.24, 2.45) is 20.9 Å². The number of amides is 1. The molecule has 5 rings (SSSR count). The van der Waals surface area contributed by atoms with Gasteiger partial charge in [0.1, 0.15) is 11.8 Å². The zero-order chi connectivity index (χ0) is 19.1. The molecule has 3 aliphatic heterocycles. The Morgan fingerprint density at radius 3 is 2.89 bits per heavy atom. The molecule has 0 aliphatic carbocycles. The topological polar surface area (TPSA) is 57.4 Å². The molecule has 3 aliphatic rings. The second kappa shape index (κ2) is 6.80. The number of thiophene rings is 1. The molecule has 0 saturated heterocycles. The molecule has 0 spiro atoms. The quantitative estimate of drug-likeness (QED) is 0.779. The van der Waals surface area contributed by atoms with E-state index < -0.39 is 5.92 Å². The first-order valence-corrected chi connectivity index (χ1v) is 10.1. The second-order valence-corrected chi connectivity index (χ2v) is 7.98. The van der Waals surface area contributed by atoms with Crippen molar-refractivity contribution in [3.63, 3.8) is 0 Å². The molecule has 0 N–H and O–H groups in total. The minimum atomic E-state index is -0.530. The van der Waals surface area contributed by atoms with Crippen molar-refractivity contribution in [1.29, 1.82) is 0 Å². The molecule has 1 amide bonds. The summed E-state index contributed by atoms with van der Waals surface area (Å²) in [5, 5.41) is 2.03. The molecule has 1 aromatic carbocycles.